The molecule has 3 aromatic rings. The van der Waals surface area contributed by atoms with Crippen molar-refractivity contribution in [2.24, 2.45) is 0 Å². The first kappa shape index (κ1) is 17.9. The average molecular weight is 386 g/mol. The van der Waals surface area contributed by atoms with Gasteiger partial charge in [0, 0.05) is 11.9 Å². The monoisotopic (exact) mass is 385 g/mol. The Morgan fingerprint density at radius 3 is 2.62 bits per heavy atom. The van der Waals surface area contributed by atoms with Crippen LogP contribution in [0.2, 0.25) is 5.02 Å². The van der Waals surface area contributed by atoms with Crippen molar-refractivity contribution in [3.63, 3.8) is 0 Å². The predicted molar refractivity (Wildman–Crippen MR) is 84.4 cm³/mol. The Morgan fingerprint density at radius 2 is 2.04 bits per heavy atom. The summed E-state index contributed by atoms with van der Waals surface area (Å²) in [5, 5.41) is 17.2. The standard InChI is InChI=1S/C15H11ClF3N5O2/c1-8-5-12(15(17,18)19)22-23(8)7-9-6-11(14(25)26)24(21-9)13-10(16)3-2-4-20-13/h2-6H,7H2,1H3,(H,25,26). The van der Waals surface area contributed by atoms with Crippen molar-refractivity contribution in [2.75, 3.05) is 0 Å². The topological polar surface area (TPSA) is 85.8 Å². The maximum absolute atomic E-state index is 12.8. The third-order valence-electron chi connectivity index (χ3n) is 3.50. The van der Waals surface area contributed by atoms with Crippen LogP contribution in [0.25, 0.3) is 5.82 Å². The molecule has 3 heterocycles. The van der Waals surface area contributed by atoms with Crippen molar-refractivity contribution in [1.82, 2.24) is 24.5 Å². The van der Waals surface area contributed by atoms with Gasteiger partial charge in [0.15, 0.2) is 17.2 Å². The second-order valence-corrected chi connectivity index (χ2v) is 5.78. The number of hydrogen-bond acceptors (Lipinski definition) is 4. The minimum absolute atomic E-state index is 0.103. The smallest absolute Gasteiger partial charge is 0.435 e. The van der Waals surface area contributed by atoms with Crippen LogP contribution in [0.1, 0.15) is 27.6 Å². The summed E-state index contributed by atoms with van der Waals surface area (Å²) >= 11 is 6.02. The third-order valence-corrected chi connectivity index (χ3v) is 3.80. The highest BCUT2D eigenvalue weighted by atomic mass is 35.5. The van der Waals surface area contributed by atoms with E-state index in [4.69, 9.17) is 11.6 Å². The Hall–Kier alpha value is -2.88. The number of aromatic nitrogens is 5. The van der Waals surface area contributed by atoms with Crippen molar-refractivity contribution in [2.45, 2.75) is 19.6 Å². The number of nitrogens with zero attached hydrogens (tertiary/aromatic N) is 5. The second kappa shape index (κ2) is 6.45. The minimum atomic E-state index is -4.57. The lowest BCUT2D eigenvalue weighted by Gasteiger charge is -2.05. The van der Waals surface area contributed by atoms with Crippen LogP contribution < -0.4 is 0 Å². The van der Waals surface area contributed by atoms with Gasteiger partial charge in [0.25, 0.3) is 0 Å². The summed E-state index contributed by atoms with van der Waals surface area (Å²) in [4.78, 5) is 15.5. The quantitative estimate of drug-likeness (QED) is 0.745. The van der Waals surface area contributed by atoms with Crippen LogP contribution in [0.4, 0.5) is 13.2 Å². The zero-order valence-electron chi connectivity index (χ0n) is 13.2. The number of carbonyl (C=O) groups is 1. The van der Waals surface area contributed by atoms with Gasteiger partial charge in [-0.25, -0.2) is 14.5 Å². The highest BCUT2D eigenvalue weighted by molar-refractivity contribution is 6.32. The van der Waals surface area contributed by atoms with Gasteiger partial charge < -0.3 is 5.11 Å². The maximum Gasteiger partial charge on any atom is 0.435 e. The van der Waals surface area contributed by atoms with Crippen molar-refractivity contribution in [3.8, 4) is 5.82 Å². The molecule has 3 rings (SSSR count). The van der Waals surface area contributed by atoms with E-state index in [2.05, 4.69) is 15.2 Å². The lowest BCUT2D eigenvalue weighted by Crippen LogP contribution is -2.11. The van der Waals surface area contributed by atoms with Crippen LogP contribution in [-0.4, -0.2) is 35.6 Å². The van der Waals surface area contributed by atoms with E-state index in [0.29, 0.717) is 0 Å². The Labute approximate surface area is 149 Å². The molecule has 0 aromatic carbocycles. The van der Waals surface area contributed by atoms with Crippen molar-refractivity contribution in [1.29, 1.82) is 0 Å². The van der Waals surface area contributed by atoms with Gasteiger partial charge >= 0.3 is 12.1 Å². The lowest BCUT2D eigenvalue weighted by molar-refractivity contribution is -0.141. The normalized spacial score (nSPS) is 11.7. The number of aromatic carboxylic acids is 1. The Morgan fingerprint density at radius 1 is 1.31 bits per heavy atom. The van der Waals surface area contributed by atoms with Gasteiger partial charge in [0.1, 0.15) is 0 Å². The molecule has 0 amide bonds. The Kier molecular flexibility index (Phi) is 4.45. The first-order valence-corrected chi connectivity index (χ1v) is 7.59. The van der Waals surface area contributed by atoms with Crippen LogP contribution in [0, 0.1) is 6.92 Å². The number of hydrogen-bond donors (Lipinski definition) is 1. The van der Waals surface area contributed by atoms with Crippen molar-refractivity contribution < 1.29 is 23.1 Å². The molecule has 3 aromatic heterocycles. The molecule has 0 unspecified atom stereocenters. The SMILES string of the molecule is Cc1cc(C(F)(F)F)nn1Cc1cc(C(=O)O)n(-c2ncccc2Cl)n1. The molecule has 136 valence electrons. The van der Waals surface area contributed by atoms with Gasteiger partial charge in [-0.05, 0) is 31.2 Å². The van der Waals surface area contributed by atoms with Crippen molar-refractivity contribution in [3.05, 3.63) is 58.3 Å². The summed E-state index contributed by atoms with van der Waals surface area (Å²) in [5.41, 5.74) is -0.786. The molecule has 0 aliphatic rings. The zero-order valence-corrected chi connectivity index (χ0v) is 14.0. The molecule has 0 saturated heterocycles. The van der Waals surface area contributed by atoms with Crippen LogP contribution in [0.15, 0.2) is 30.5 Å². The largest absolute Gasteiger partial charge is 0.477 e. The van der Waals surface area contributed by atoms with Gasteiger partial charge in [-0.1, -0.05) is 11.6 Å². The molecular weight excluding hydrogens is 375 g/mol. The fraction of sp³-hybridized carbons (Fsp3) is 0.200. The molecule has 26 heavy (non-hydrogen) atoms. The summed E-state index contributed by atoms with van der Waals surface area (Å²) in [6.07, 6.45) is -3.15. The van der Waals surface area contributed by atoms with Gasteiger partial charge in [-0.3, -0.25) is 4.68 Å². The molecular formula is C15H11ClF3N5O2. The lowest BCUT2D eigenvalue weighted by atomic mass is 10.3. The highest BCUT2D eigenvalue weighted by Crippen LogP contribution is 2.28. The number of aryl methyl sites for hydroxylation is 1. The molecule has 0 saturated carbocycles. The van der Waals surface area contributed by atoms with Gasteiger partial charge in [-0.15, -0.1) is 0 Å². The summed E-state index contributed by atoms with van der Waals surface area (Å²) in [6.45, 7) is 1.33. The first-order valence-electron chi connectivity index (χ1n) is 7.21. The van der Waals surface area contributed by atoms with Crippen LogP contribution in [0.3, 0.4) is 0 Å². The van der Waals surface area contributed by atoms with Crippen LogP contribution >= 0.6 is 11.6 Å². The molecule has 0 fully saturated rings. The zero-order chi connectivity index (χ0) is 19.1. The Bertz CT molecular complexity index is 980. The molecule has 0 radical (unpaired) electrons. The fourth-order valence-corrected chi connectivity index (χ4v) is 2.52. The molecule has 11 heteroatoms. The number of carboxylic acid groups (broad SMARTS) is 1. The van der Waals surface area contributed by atoms with E-state index >= 15 is 0 Å². The number of carboxylic acids is 1. The van der Waals surface area contributed by atoms with Crippen LogP contribution in [-0.2, 0) is 12.7 Å². The number of pyridine rings is 1. The molecule has 7 nitrogen and oxygen atoms in total. The van der Waals surface area contributed by atoms with E-state index in [1.165, 1.54) is 25.3 Å². The number of rotatable bonds is 4. The summed E-state index contributed by atoms with van der Waals surface area (Å²) in [6, 6.07) is 5.24. The summed E-state index contributed by atoms with van der Waals surface area (Å²) < 4.78 is 40.4. The number of halogens is 4. The highest BCUT2D eigenvalue weighted by Gasteiger charge is 2.34. The van der Waals surface area contributed by atoms with E-state index in [1.807, 2.05) is 0 Å². The van der Waals surface area contributed by atoms with E-state index in [9.17, 15) is 23.1 Å². The Balaban J connectivity index is 2.01. The molecule has 0 aliphatic heterocycles. The second-order valence-electron chi connectivity index (χ2n) is 5.37. The first-order chi connectivity index (χ1) is 12.2. The van der Waals surface area contributed by atoms with E-state index < -0.39 is 17.8 Å². The minimum Gasteiger partial charge on any atom is -0.477 e. The van der Waals surface area contributed by atoms with E-state index in [1.54, 1.807) is 6.07 Å². The molecule has 0 spiro atoms. The average Bonchev–Trinajstić information content (AvgIpc) is 3.12. The third kappa shape index (κ3) is 3.40. The molecule has 0 atom stereocenters. The molecule has 0 aliphatic carbocycles. The summed E-state index contributed by atoms with van der Waals surface area (Å²) in [7, 11) is 0. The van der Waals surface area contributed by atoms with Crippen molar-refractivity contribution >= 4 is 17.6 Å². The molecule has 0 bridgehead atoms. The predicted octanol–water partition coefficient (Wildman–Crippen LogP) is 3.19. The summed E-state index contributed by atoms with van der Waals surface area (Å²) in [5.74, 6) is -1.18. The van der Waals surface area contributed by atoms with Gasteiger partial charge in [0.2, 0.25) is 0 Å². The van der Waals surface area contributed by atoms with Gasteiger partial charge in [0.05, 0.1) is 17.3 Å². The maximum atomic E-state index is 12.8. The van der Waals surface area contributed by atoms with Gasteiger partial charge in [-0.2, -0.15) is 23.4 Å². The van der Waals surface area contributed by atoms with E-state index in [-0.39, 0.29) is 34.5 Å². The van der Waals surface area contributed by atoms with E-state index in [0.717, 1.165) is 15.4 Å². The fourth-order valence-electron chi connectivity index (χ4n) is 2.32. The number of alkyl halides is 3. The molecule has 1 N–H and O–H groups in total. The van der Waals surface area contributed by atoms with Crippen LogP contribution in [0.5, 0.6) is 0 Å².